The summed E-state index contributed by atoms with van der Waals surface area (Å²) in [5.74, 6) is -0.120. The van der Waals surface area contributed by atoms with E-state index in [4.69, 9.17) is 0 Å². The van der Waals surface area contributed by atoms with Crippen LogP contribution in [-0.2, 0) is 0 Å². The number of hydrogen-bond donors (Lipinski definition) is 2. The predicted octanol–water partition coefficient (Wildman–Crippen LogP) is 3.78. The molecule has 0 aliphatic carbocycles. The lowest BCUT2D eigenvalue weighted by atomic mass is 10.1. The fourth-order valence-electron chi connectivity index (χ4n) is 2.05. The monoisotopic (exact) mass is 272 g/mol. The molecule has 0 heterocycles. The minimum Gasteiger partial charge on any atom is -0.508 e. The number of nitro groups is 1. The van der Waals surface area contributed by atoms with Gasteiger partial charge in [0.05, 0.1) is 11.0 Å². The lowest BCUT2D eigenvalue weighted by molar-refractivity contribution is -0.384. The maximum atomic E-state index is 11.0. The van der Waals surface area contributed by atoms with Crippen LogP contribution in [0.15, 0.2) is 42.5 Å². The van der Waals surface area contributed by atoms with Crippen LogP contribution in [0.4, 0.5) is 11.4 Å². The van der Waals surface area contributed by atoms with E-state index >= 15 is 0 Å². The highest BCUT2D eigenvalue weighted by Crippen LogP contribution is 2.31. The van der Waals surface area contributed by atoms with E-state index in [1.165, 1.54) is 12.1 Å². The highest BCUT2D eigenvalue weighted by atomic mass is 16.6. The van der Waals surface area contributed by atoms with E-state index in [1.807, 2.05) is 38.1 Å². The van der Waals surface area contributed by atoms with E-state index in [2.05, 4.69) is 5.32 Å². The molecule has 0 spiro atoms. The molecular formula is C15H16N2O3. The molecule has 0 aliphatic heterocycles. The molecule has 5 heteroatoms. The van der Waals surface area contributed by atoms with Crippen LogP contribution in [0.3, 0.4) is 0 Å². The van der Waals surface area contributed by atoms with Crippen LogP contribution < -0.4 is 5.32 Å². The lowest BCUT2D eigenvalue weighted by Gasteiger charge is -2.16. The van der Waals surface area contributed by atoms with Crippen molar-refractivity contribution in [3.8, 4) is 5.75 Å². The van der Waals surface area contributed by atoms with Gasteiger partial charge in [-0.25, -0.2) is 0 Å². The fourth-order valence-corrected chi connectivity index (χ4v) is 2.05. The normalized spacial score (nSPS) is 11.9. The van der Waals surface area contributed by atoms with Crippen molar-refractivity contribution in [2.45, 2.75) is 19.9 Å². The zero-order chi connectivity index (χ0) is 14.7. The Balaban J connectivity index is 2.28. The summed E-state index contributed by atoms with van der Waals surface area (Å²) >= 11 is 0. The van der Waals surface area contributed by atoms with Gasteiger partial charge < -0.3 is 10.4 Å². The summed E-state index contributed by atoms with van der Waals surface area (Å²) in [6, 6.07) is 12.0. The van der Waals surface area contributed by atoms with E-state index in [-0.39, 0.29) is 17.5 Å². The first-order valence-electron chi connectivity index (χ1n) is 6.28. The SMILES string of the molecule is Cc1cccc(C(C)Nc2ccc(O)cc2[N+](=O)[O-])c1. The van der Waals surface area contributed by atoms with E-state index in [9.17, 15) is 15.2 Å². The first-order chi connectivity index (χ1) is 9.47. The van der Waals surface area contributed by atoms with Crippen LogP contribution in [0.1, 0.15) is 24.1 Å². The van der Waals surface area contributed by atoms with Crippen molar-refractivity contribution in [1.82, 2.24) is 0 Å². The first-order valence-corrected chi connectivity index (χ1v) is 6.28. The summed E-state index contributed by atoms with van der Waals surface area (Å²) in [4.78, 5) is 10.5. The molecule has 0 amide bonds. The van der Waals surface area contributed by atoms with Crippen LogP contribution in [0.5, 0.6) is 5.75 Å². The third-order valence-corrected chi connectivity index (χ3v) is 3.09. The van der Waals surface area contributed by atoms with Crippen LogP contribution in [0.2, 0.25) is 0 Å². The molecule has 1 atom stereocenters. The maximum Gasteiger partial charge on any atom is 0.296 e. The second-order valence-corrected chi connectivity index (χ2v) is 4.74. The molecule has 0 saturated carbocycles. The number of phenols is 1. The van der Waals surface area contributed by atoms with Gasteiger partial charge in [0.15, 0.2) is 0 Å². The Labute approximate surface area is 117 Å². The van der Waals surface area contributed by atoms with Crippen molar-refractivity contribution >= 4 is 11.4 Å². The fraction of sp³-hybridized carbons (Fsp3) is 0.200. The molecule has 2 rings (SSSR count). The van der Waals surface area contributed by atoms with Crippen molar-refractivity contribution in [2.24, 2.45) is 0 Å². The molecule has 0 aliphatic rings. The van der Waals surface area contributed by atoms with Crippen LogP contribution >= 0.6 is 0 Å². The van der Waals surface area contributed by atoms with E-state index in [0.29, 0.717) is 5.69 Å². The number of rotatable bonds is 4. The van der Waals surface area contributed by atoms with Crippen molar-refractivity contribution in [2.75, 3.05) is 5.32 Å². The number of nitrogens with zero attached hydrogens (tertiary/aromatic N) is 1. The summed E-state index contributed by atoms with van der Waals surface area (Å²) in [6.45, 7) is 3.94. The summed E-state index contributed by atoms with van der Waals surface area (Å²) < 4.78 is 0. The van der Waals surface area contributed by atoms with E-state index in [0.717, 1.165) is 17.2 Å². The predicted molar refractivity (Wildman–Crippen MR) is 78.0 cm³/mol. The van der Waals surface area contributed by atoms with Crippen molar-refractivity contribution in [3.63, 3.8) is 0 Å². The largest absolute Gasteiger partial charge is 0.508 e. The summed E-state index contributed by atoms with van der Waals surface area (Å²) in [5.41, 5.74) is 2.44. The molecule has 5 nitrogen and oxygen atoms in total. The number of phenolic OH excluding ortho intramolecular Hbond substituents is 1. The lowest BCUT2D eigenvalue weighted by Crippen LogP contribution is -2.08. The Kier molecular flexibility index (Phi) is 3.89. The molecule has 0 radical (unpaired) electrons. The second-order valence-electron chi connectivity index (χ2n) is 4.74. The molecule has 0 saturated heterocycles. The van der Waals surface area contributed by atoms with E-state index in [1.54, 1.807) is 0 Å². The van der Waals surface area contributed by atoms with Gasteiger partial charge in [-0.2, -0.15) is 0 Å². The first kappa shape index (κ1) is 13.9. The van der Waals surface area contributed by atoms with Gasteiger partial charge in [-0.1, -0.05) is 29.8 Å². The van der Waals surface area contributed by atoms with Gasteiger partial charge in [0.1, 0.15) is 11.4 Å². The van der Waals surface area contributed by atoms with Gasteiger partial charge in [-0.05, 0) is 31.5 Å². The molecule has 104 valence electrons. The molecule has 2 aromatic rings. The zero-order valence-electron chi connectivity index (χ0n) is 11.3. The average molecular weight is 272 g/mol. The smallest absolute Gasteiger partial charge is 0.296 e. The molecule has 0 aromatic heterocycles. The number of aryl methyl sites for hydroxylation is 1. The Morgan fingerprint density at radius 3 is 2.65 bits per heavy atom. The topological polar surface area (TPSA) is 75.4 Å². The third kappa shape index (κ3) is 3.06. The summed E-state index contributed by atoms with van der Waals surface area (Å²) in [6.07, 6.45) is 0. The van der Waals surface area contributed by atoms with Crippen LogP contribution in [0.25, 0.3) is 0 Å². The van der Waals surface area contributed by atoms with Gasteiger partial charge in [-0.3, -0.25) is 10.1 Å². The molecule has 0 bridgehead atoms. The summed E-state index contributed by atoms with van der Waals surface area (Å²) in [5, 5.41) is 23.5. The number of hydrogen-bond acceptors (Lipinski definition) is 4. The second kappa shape index (κ2) is 5.61. The average Bonchev–Trinajstić information content (AvgIpc) is 2.40. The number of anilines is 1. The molecule has 1 unspecified atom stereocenters. The molecule has 0 fully saturated rings. The minimum atomic E-state index is -0.509. The van der Waals surface area contributed by atoms with Gasteiger partial charge in [0, 0.05) is 6.04 Å². The van der Waals surface area contributed by atoms with Crippen molar-refractivity contribution in [1.29, 1.82) is 0 Å². The highest BCUT2D eigenvalue weighted by molar-refractivity contribution is 5.64. The van der Waals surface area contributed by atoms with Gasteiger partial charge >= 0.3 is 0 Å². The minimum absolute atomic E-state index is 0.0712. The number of benzene rings is 2. The third-order valence-electron chi connectivity index (χ3n) is 3.09. The summed E-state index contributed by atoms with van der Waals surface area (Å²) in [7, 11) is 0. The zero-order valence-corrected chi connectivity index (χ0v) is 11.3. The van der Waals surface area contributed by atoms with Gasteiger partial charge in [0.25, 0.3) is 5.69 Å². The number of nitro benzene ring substituents is 1. The highest BCUT2D eigenvalue weighted by Gasteiger charge is 2.16. The molecule has 20 heavy (non-hydrogen) atoms. The van der Waals surface area contributed by atoms with Gasteiger partial charge in [-0.15, -0.1) is 0 Å². The molecule has 2 aromatic carbocycles. The van der Waals surface area contributed by atoms with Crippen LogP contribution in [0, 0.1) is 17.0 Å². The van der Waals surface area contributed by atoms with Gasteiger partial charge in [0.2, 0.25) is 0 Å². The Morgan fingerprint density at radius 1 is 1.25 bits per heavy atom. The van der Waals surface area contributed by atoms with Crippen molar-refractivity contribution in [3.05, 3.63) is 63.7 Å². The van der Waals surface area contributed by atoms with Crippen LogP contribution in [-0.4, -0.2) is 10.0 Å². The maximum absolute atomic E-state index is 11.0. The standard InChI is InChI=1S/C15H16N2O3/c1-10-4-3-5-12(8-10)11(2)16-14-7-6-13(18)9-15(14)17(19)20/h3-9,11,16,18H,1-2H3. The Hall–Kier alpha value is -2.56. The molecular weight excluding hydrogens is 256 g/mol. The quantitative estimate of drug-likeness (QED) is 0.504. The Morgan fingerprint density at radius 2 is 2.00 bits per heavy atom. The molecule has 2 N–H and O–H groups in total. The Bertz CT molecular complexity index is 641. The number of nitrogens with one attached hydrogen (secondary N) is 1. The van der Waals surface area contributed by atoms with Crippen molar-refractivity contribution < 1.29 is 10.0 Å². The number of aromatic hydroxyl groups is 1. The van der Waals surface area contributed by atoms with E-state index < -0.39 is 4.92 Å².